The molecular weight excluding hydrogens is 389 g/mol. The molecule has 2 aromatic carbocycles. The van der Waals surface area contributed by atoms with Crippen LogP contribution in [0.3, 0.4) is 0 Å². The molecule has 0 aliphatic carbocycles. The van der Waals surface area contributed by atoms with Crippen LogP contribution in [0.2, 0.25) is 5.02 Å². The summed E-state index contributed by atoms with van der Waals surface area (Å²) in [6.07, 6.45) is 2.49. The van der Waals surface area contributed by atoms with E-state index in [0.29, 0.717) is 16.1 Å². The topological polar surface area (TPSA) is 66.4 Å². The molecule has 27 heavy (non-hydrogen) atoms. The van der Waals surface area contributed by atoms with Gasteiger partial charge in [-0.2, -0.15) is 0 Å². The molecule has 4 nitrogen and oxygen atoms in total. The number of amides is 1. The summed E-state index contributed by atoms with van der Waals surface area (Å²) < 4.78 is 13.6. The Morgan fingerprint density at radius 1 is 1.11 bits per heavy atom. The van der Waals surface area contributed by atoms with Crippen molar-refractivity contribution in [2.75, 3.05) is 5.32 Å². The van der Waals surface area contributed by atoms with E-state index in [1.165, 1.54) is 18.2 Å². The monoisotopic (exact) mass is 401 g/mol. The summed E-state index contributed by atoms with van der Waals surface area (Å²) in [7, 11) is 0. The standard InChI is InChI=1S/C20H13ClFNO3S/c21-14-8-5-12(6-9-14)15-11-27-19(18(15)20(25)26)23-17(24)10-7-13-3-1-2-4-16(13)22/h1-11H,(H,23,24)(H,25,26)/b10-7+. The fraction of sp³-hybridized carbons (Fsp3) is 0. The number of aromatic carboxylic acids is 1. The van der Waals surface area contributed by atoms with Crippen LogP contribution in [-0.2, 0) is 4.79 Å². The normalized spacial score (nSPS) is 10.9. The summed E-state index contributed by atoms with van der Waals surface area (Å²) >= 11 is 6.97. The Bertz CT molecular complexity index is 1030. The molecule has 0 fully saturated rings. The number of thiophene rings is 1. The molecular formula is C20H13ClFNO3S. The van der Waals surface area contributed by atoms with Gasteiger partial charge in [0, 0.05) is 27.6 Å². The largest absolute Gasteiger partial charge is 0.478 e. The maximum absolute atomic E-state index is 13.6. The van der Waals surface area contributed by atoms with Crippen molar-refractivity contribution in [3.05, 3.63) is 82.0 Å². The highest BCUT2D eigenvalue weighted by Crippen LogP contribution is 2.36. The Hall–Kier alpha value is -2.96. The molecule has 0 bridgehead atoms. The van der Waals surface area contributed by atoms with Crippen molar-refractivity contribution in [1.82, 2.24) is 0 Å². The van der Waals surface area contributed by atoms with Crippen LogP contribution < -0.4 is 5.32 Å². The number of carbonyl (C=O) groups is 2. The highest BCUT2D eigenvalue weighted by Gasteiger charge is 2.20. The van der Waals surface area contributed by atoms with E-state index in [2.05, 4.69) is 5.32 Å². The molecule has 0 aliphatic rings. The number of halogens is 2. The highest BCUT2D eigenvalue weighted by molar-refractivity contribution is 7.15. The summed E-state index contributed by atoms with van der Waals surface area (Å²) in [6, 6.07) is 12.8. The van der Waals surface area contributed by atoms with E-state index < -0.39 is 17.7 Å². The Labute approximate surface area is 163 Å². The van der Waals surface area contributed by atoms with E-state index in [9.17, 15) is 19.1 Å². The molecule has 0 spiro atoms. The highest BCUT2D eigenvalue weighted by atomic mass is 35.5. The number of hydrogen-bond donors (Lipinski definition) is 2. The van der Waals surface area contributed by atoms with Gasteiger partial charge in [-0.25, -0.2) is 9.18 Å². The van der Waals surface area contributed by atoms with Crippen molar-refractivity contribution in [2.45, 2.75) is 0 Å². The van der Waals surface area contributed by atoms with Crippen LogP contribution in [0.5, 0.6) is 0 Å². The van der Waals surface area contributed by atoms with Crippen LogP contribution in [0.25, 0.3) is 17.2 Å². The Morgan fingerprint density at radius 3 is 2.48 bits per heavy atom. The fourth-order valence-corrected chi connectivity index (χ4v) is 3.52. The van der Waals surface area contributed by atoms with Crippen LogP contribution in [0.4, 0.5) is 9.39 Å². The number of nitrogens with one attached hydrogen (secondary N) is 1. The first kappa shape index (κ1) is 18.8. The third-order valence-electron chi connectivity index (χ3n) is 3.72. The van der Waals surface area contributed by atoms with Gasteiger partial charge < -0.3 is 10.4 Å². The van der Waals surface area contributed by atoms with Crippen molar-refractivity contribution >= 4 is 45.9 Å². The fourth-order valence-electron chi connectivity index (χ4n) is 2.43. The maximum atomic E-state index is 13.6. The predicted octanol–water partition coefficient (Wildman–Crippen LogP) is 5.56. The summed E-state index contributed by atoms with van der Waals surface area (Å²) in [6.45, 7) is 0. The van der Waals surface area contributed by atoms with Gasteiger partial charge in [0.1, 0.15) is 16.4 Å². The van der Waals surface area contributed by atoms with Gasteiger partial charge in [0.25, 0.3) is 0 Å². The van der Waals surface area contributed by atoms with Crippen molar-refractivity contribution < 1.29 is 19.1 Å². The van der Waals surface area contributed by atoms with Crippen molar-refractivity contribution in [1.29, 1.82) is 0 Å². The summed E-state index contributed by atoms with van der Waals surface area (Å²) in [5.74, 6) is -2.16. The van der Waals surface area contributed by atoms with Gasteiger partial charge >= 0.3 is 5.97 Å². The van der Waals surface area contributed by atoms with E-state index in [1.54, 1.807) is 41.8 Å². The second kappa shape index (κ2) is 8.16. The third-order valence-corrected chi connectivity index (χ3v) is 4.86. The molecule has 136 valence electrons. The van der Waals surface area contributed by atoms with Crippen LogP contribution in [0, 0.1) is 5.82 Å². The first-order valence-electron chi connectivity index (χ1n) is 7.80. The maximum Gasteiger partial charge on any atom is 0.339 e. The average Bonchev–Trinajstić information content (AvgIpc) is 3.05. The Balaban J connectivity index is 1.85. The summed E-state index contributed by atoms with van der Waals surface area (Å²) in [5, 5.41) is 14.5. The molecule has 0 radical (unpaired) electrons. The van der Waals surface area contributed by atoms with Crippen LogP contribution in [0.1, 0.15) is 15.9 Å². The minimum atomic E-state index is -1.16. The third kappa shape index (κ3) is 4.42. The molecule has 1 amide bonds. The summed E-state index contributed by atoms with van der Waals surface area (Å²) in [4.78, 5) is 23.8. The van der Waals surface area contributed by atoms with Crippen molar-refractivity contribution in [2.24, 2.45) is 0 Å². The average molecular weight is 402 g/mol. The molecule has 2 N–H and O–H groups in total. The van der Waals surface area contributed by atoms with Gasteiger partial charge in [-0.3, -0.25) is 4.79 Å². The number of carbonyl (C=O) groups excluding carboxylic acids is 1. The molecule has 7 heteroatoms. The lowest BCUT2D eigenvalue weighted by Crippen LogP contribution is -2.10. The van der Waals surface area contributed by atoms with E-state index in [0.717, 1.165) is 17.4 Å². The smallest absolute Gasteiger partial charge is 0.339 e. The lowest BCUT2D eigenvalue weighted by molar-refractivity contribution is -0.111. The van der Waals surface area contributed by atoms with Crippen molar-refractivity contribution in [3.8, 4) is 11.1 Å². The molecule has 3 rings (SSSR count). The SMILES string of the molecule is O=C(/C=C/c1ccccc1F)Nc1scc(-c2ccc(Cl)cc2)c1C(=O)O. The first-order chi connectivity index (χ1) is 13.0. The Morgan fingerprint density at radius 2 is 1.81 bits per heavy atom. The van der Waals surface area contributed by atoms with Gasteiger partial charge in [0.05, 0.1) is 0 Å². The molecule has 0 saturated heterocycles. The molecule has 0 atom stereocenters. The van der Waals surface area contributed by atoms with Crippen LogP contribution >= 0.6 is 22.9 Å². The van der Waals surface area contributed by atoms with Crippen LogP contribution in [-0.4, -0.2) is 17.0 Å². The number of carboxylic acids is 1. The molecule has 0 aliphatic heterocycles. The van der Waals surface area contributed by atoms with Gasteiger partial charge in [-0.05, 0) is 29.8 Å². The zero-order valence-corrected chi connectivity index (χ0v) is 15.4. The zero-order chi connectivity index (χ0) is 19.4. The Kier molecular flexibility index (Phi) is 5.69. The van der Waals surface area contributed by atoms with E-state index >= 15 is 0 Å². The first-order valence-corrected chi connectivity index (χ1v) is 9.06. The van der Waals surface area contributed by atoms with E-state index in [1.807, 2.05) is 0 Å². The number of anilines is 1. The lowest BCUT2D eigenvalue weighted by Gasteiger charge is -2.04. The lowest BCUT2D eigenvalue weighted by atomic mass is 10.0. The van der Waals surface area contributed by atoms with Gasteiger partial charge in [-0.15, -0.1) is 11.3 Å². The quantitative estimate of drug-likeness (QED) is 0.550. The minimum Gasteiger partial charge on any atom is -0.478 e. The van der Waals surface area contributed by atoms with E-state index in [-0.39, 0.29) is 16.1 Å². The van der Waals surface area contributed by atoms with Gasteiger partial charge in [0.2, 0.25) is 5.91 Å². The number of rotatable bonds is 5. The molecule has 3 aromatic rings. The number of carboxylic acid groups (broad SMARTS) is 1. The van der Waals surface area contributed by atoms with Crippen LogP contribution in [0.15, 0.2) is 60.0 Å². The minimum absolute atomic E-state index is 0.00466. The van der Waals surface area contributed by atoms with Gasteiger partial charge in [-0.1, -0.05) is 41.9 Å². The van der Waals surface area contributed by atoms with Crippen molar-refractivity contribution in [3.63, 3.8) is 0 Å². The number of benzene rings is 2. The second-order valence-corrected chi connectivity index (χ2v) is 6.83. The molecule has 1 aromatic heterocycles. The summed E-state index contributed by atoms with van der Waals surface area (Å²) in [5.41, 5.74) is 1.42. The molecule has 0 unspecified atom stereocenters. The number of hydrogen-bond acceptors (Lipinski definition) is 3. The van der Waals surface area contributed by atoms with Gasteiger partial charge in [0.15, 0.2) is 0 Å². The second-order valence-electron chi connectivity index (χ2n) is 5.51. The molecule has 1 heterocycles. The molecule has 0 saturated carbocycles. The van der Waals surface area contributed by atoms with E-state index in [4.69, 9.17) is 11.6 Å². The predicted molar refractivity (Wildman–Crippen MR) is 106 cm³/mol. The zero-order valence-electron chi connectivity index (χ0n) is 13.8.